The number of fused-ring (bicyclic) bond motifs is 1. The van der Waals surface area contributed by atoms with E-state index in [2.05, 4.69) is 20.7 Å². The number of nitrogens with one attached hydrogen (secondary N) is 2. The third-order valence-electron chi connectivity index (χ3n) is 4.12. The maximum Gasteiger partial charge on any atom is 0.260 e. The van der Waals surface area contributed by atoms with E-state index in [4.69, 9.17) is 4.52 Å². The van der Waals surface area contributed by atoms with Gasteiger partial charge in [-0.15, -0.1) is 0 Å². The molecule has 6 nitrogen and oxygen atoms in total. The predicted molar refractivity (Wildman–Crippen MR) is 101 cm³/mol. The van der Waals surface area contributed by atoms with Crippen LogP contribution in [0.4, 0.5) is 5.69 Å². The van der Waals surface area contributed by atoms with Gasteiger partial charge in [-0.05, 0) is 30.7 Å². The molecule has 2 aromatic heterocycles. The van der Waals surface area contributed by atoms with Crippen molar-refractivity contribution >= 4 is 34.6 Å². The number of carbonyl (C=O) groups is 1. The number of hydrogen-bond acceptors (Lipinski definition) is 4. The minimum atomic E-state index is -0.255. The van der Waals surface area contributed by atoms with Gasteiger partial charge in [-0.25, -0.2) is 0 Å². The number of H-pyrrole nitrogens is 1. The fraction of sp³-hybridized carbons (Fsp3) is 0.0500. The van der Waals surface area contributed by atoms with Crippen LogP contribution in [0.25, 0.3) is 23.1 Å². The van der Waals surface area contributed by atoms with Gasteiger partial charge >= 0.3 is 0 Å². The summed E-state index contributed by atoms with van der Waals surface area (Å²) in [5, 5.41) is 14.9. The molecule has 0 spiro atoms. The zero-order valence-electron chi connectivity index (χ0n) is 14.1. The lowest BCUT2D eigenvalue weighted by atomic mass is 10.1. The Morgan fingerprint density at radius 1 is 1.12 bits per heavy atom. The van der Waals surface area contributed by atoms with Gasteiger partial charge in [0, 0.05) is 11.1 Å². The highest BCUT2D eigenvalue weighted by Gasteiger charge is 2.14. The highest BCUT2D eigenvalue weighted by Crippen LogP contribution is 2.22. The first-order valence-corrected chi connectivity index (χ1v) is 8.15. The van der Waals surface area contributed by atoms with Crippen LogP contribution in [0.15, 0.2) is 59.3 Å². The molecule has 4 aromatic rings. The van der Waals surface area contributed by atoms with E-state index in [1.165, 1.54) is 6.20 Å². The molecule has 0 fully saturated rings. The Kier molecular flexibility index (Phi) is 4.07. The van der Waals surface area contributed by atoms with E-state index in [-0.39, 0.29) is 5.91 Å². The molecular formula is C20H16N4O2. The predicted octanol–water partition coefficient (Wildman–Crippen LogP) is 4.28. The fourth-order valence-electron chi connectivity index (χ4n) is 2.74. The van der Waals surface area contributed by atoms with Gasteiger partial charge in [-0.1, -0.05) is 47.6 Å². The lowest BCUT2D eigenvalue weighted by Gasteiger charge is -2.07. The van der Waals surface area contributed by atoms with Crippen LogP contribution >= 0.6 is 0 Å². The lowest BCUT2D eigenvalue weighted by molar-refractivity contribution is 0.102. The van der Waals surface area contributed by atoms with E-state index in [0.29, 0.717) is 17.0 Å². The number of amides is 1. The highest BCUT2D eigenvalue weighted by atomic mass is 16.5. The average Bonchev–Trinajstić information content (AvgIpc) is 3.27. The van der Waals surface area contributed by atoms with Crippen molar-refractivity contribution in [2.45, 2.75) is 6.92 Å². The molecule has 6 heteroatoms. The van der Waals surface area contributed by atoms with Crippen LogP contribution < -0.4 is 5.32 Å². The van der Waals surface area contributed by atoms with E-state index in [1.807, 2.05) is 60.7 Å². The van der Waals surface area contributed by atoms with Gasteiger partial charge in [-0.3, -0.25) is 9.89 Å². The van der Waals surface area contributed by atoms with Crippen LogP contribution in [0.1, 0.15) is 27.4 Å². The molecule has 2 aromatic carbocycles. The first kappa shape index (κ1) is 15.8. The Labute approximate surface area is 149 Å². The zero-order valence-corrected chi connectivity index (χ0v) is 14.1. The summed E-state index contributed by atoms with van der Waals surface area (Å²) in [7, 11) is 0. The summed E-state index contributed by atoms with van der Waals surface area (Å²) in [6, 6.07) is 15.5. The maximum atomic E-state index is 12.4. The average molecular weight is 344 g/mol. The van der Waals surface area contributed by atoms with Crippen molar-refractivity contribution in [2.24, 2.45) is 0 Å². The van der Waals surface area contributed by atoms with Crippen molar-refractivity contribution < 1.29 is 9.32 Å². The Morgan fingerprint density at radius 2 is 1.92 bits per heavy atom. The van der Waals surface area contributed by atoms with E-state index in [1.54, 1.807) is 6.92 Å². The number of hydrogen-bond donors (Lipinski definition) is 2. The van der Waals surface area contributed by atoms with Crippen LogP contribution in [-0.2, 0) is 0 Å². The summed E-state index contributed by atoms with van der Waals surface area (Å²) in [5.74, 6) is 0.230. The van der Waals surface area contributed by atoms with Gasteiger partial charge in [0.15, 0.2) is 0 Å². The molecule has 1 amide bonds. The molecular weight excluding hydrogens is 328 g/mol. The van der Waals surface area contributed by atoms with Gasteiger partial charge in [0.25, 0.3) is 5.91 Å². The number of aryl methyl sites for hydroxylation is 1. The summed E-state index contributed by atoms with van der Waals surface area (Å²) in [6.45, 7) is 1.70. The minimum Gasteiger partial charge on any atom is -0.361 e. The number of benzene rings is 2. The summed E-state index contributed by atoms with van der Waals surface area (Å²) in [4.78, 5) is 12.4. The van der Waals surface area contributed by atoms with Crippen molar-refractivity contribution in [1.29, 1.82) is 0 Å². The van der Waals surface area contributed by atoms with Crippen molar-refractivity contribution in [3.8, 4) is 0 Å². The Morgan fingerprint density at radius 3 is 2.77 bits per heavy atom. The molecule has 2 heterocycles. The van der Waals surface area contributed by atoms with E-state index >= 15 is 0 Å². The summed E-state index contributed by atoms with van der Waals surface area (Å²) in [6.07, 6.45) is 5.27. The molecule has 26 heavy (non-hydrogen) atoms. The second-order valence-corrected chi connectivity index (χ2v) is 5.82. The van der Waals surface area contributed by atoms with E-state index in [0.717, 1.165) is 22.2 Å². The smallest absolute Gasteiger partial charge is 0.260 e. The van der Waals surface area contributed by atoms with Gasteiger partial charge in [-0.2, -0.15) is 5.10 Å². The van der Waals surface area contributed by atoms with Gasteiger partial charge in [0.2, 0.25) is 0 Å². The van der Waals surface area contributed by atoms with Crippen molar-refractivity contribution in [3.05, 3.63) is 77.3 Å². The van der Waals surface area contributed by atoms with E-state index in [9.17, 15) is 4.79 Å². The Hall–Kier alpha value is -3.67. The monoisotopic (exact) mass is 344 g/mol. The topological polar surface area (TPSA) is 83.8 Å². The third-order valence-corrected chi connectivity index (χ3v) is 4.12. The number of para-hydroxylation sites is 2. The molecule has 0 aliphatic rings. The Bertz CT molecular complexity index is 1110. The second-order valence-electron chi connectivity index (χ2n) is 5.82. The molecule has 4 rings (SSSR count). The first-order valence-electron chi connectivity index (χ1n) is 8.15. The molecule has 2 N–H and O–H groups in total. The van der Waals surface area contributed by atoms with Gasteiger partial charge in [0.1, 0.15) is 11.3 Å². The van der Waals surface area contributed by atoms with Crippen molar-refractivity contribution in [2.75, 3.05) is 5.32 Å². The van der Waals surface area contributed by atoms with Crippen LogP contribution in [0.3, 0.4) is 0 Å². The maximum absolute atomic E-state index is 12.4. The van der Waals surface area contributed by atoms with E-state index < -0.39 is 0 Å². The number of aromatic amines is 1. The summed E-state index contributed by atoms with van der Waals surface area (Å²) < 4.78 is 4.95. The summed E-state index contributed by atoms with van der Waals surface area (Å²) >= 11 is 0. The SMILES string of the molecule is Cc1oncc1C(=O)Nc1ccccc1C=Cc1n[nH]c2ccccc12. The molecule has 0 atom stereocenters. The van der Waals surface area contributed by atoms with Crippen molar-refractivity contribution in [1.82, 2.24) is 15.4 Å². The largest absolute Gasteiger partial charge is 0.361 e. The highest BCUT2D eigenvalue weighted by molar-refractivity contribution is 6.06. The number of anilines is 1. The molecule has 0 saturated heterocycles. The molecule has 0 saturated carbocycles. The first-order chi connectivity index (χ1) is 12.7. The van der Waals surface area contributed by atoms with Gasteiger partial charge < -0.3 is 9.84 Å². The fourth-order valence-corrected chi connectivity index (χ4v) is 2.74. The standard InChI is InChI=1S/C20H16N4O2/c1-13-16(12-21-26-13)20(25)22-17-8-4-2-6-14(17)10-11-19-15-7-3-5-9-18(15)23-24-19/h2-12H,1H3,(H,22,25)(H,23,24). The van der Waals surface area contributed by atoms with Crippen LogP contribution in [0.5, 0.6) is 0 Å². The minimum absolute atomic E-state index is 0.255. The molecule has 0 unspecified atom stereocenters. The zero-order chi connectivity index (χ0) is 17.9. The quantitative estimate of drug-likeness (QED) is 0.579. The van der Waals surface area contributed by atoms with Crippen LogP contribution in [0, 0.1) is 6.92 Å². The Balaban J connectivity index is 1.62. The lowest BCUT2D eigenvalue weighted by Crippen LogP contribution is -2.12. The summed E-state index contributed by atoms with van der Waals surface area (Å²) in [5.41, 5.74) is 3.83. The van der Waals surface area contributed by atoms with Crippen molar-refractivity contribution in [3.63, 3.8) is 0 Å². The normalized spacial score (nSPS) is 11.3. The van der Waals surface area contributed by atoms with Gasteiger partial charge in [0.05, 0.1) is 17.4 Å². The molecule has 0 radical (unpaired) electrons. The molecule has 0 aliphatic carbocycles. The second kappa shape index (κ2) is 6.68. The number of carbonyl (C=O) groups excluding carboxylic acids is 1. The number of rotatable bonds is 4. The third kappa shape index (κ3) is 3.00. The number of nitrogens with zero attached hydrogens (tertiary/aromatic N) is 2. The number of aromatic nitrogens is 3. The molecule has 0 bridgehead atoms. The molecule has 128 valence electrons. The molecule has 0 aliphatic heterocycles. The van der Waals surface area contributed by atoms with Crippen LogP contribution in [0.2, 0.25) is 0 Å². The van der Waals surface area contributed by atoms with Crippen LogP contribution in [-0.4, -0.2) is 21.3 Å².